The molecule has 0 bridgehead atoms. The van der Waals surface area contributed by atoms with Crippen molar-refractivity contribution in [3.05, 3.63) is 93.5 Å². The van der Waals surface area contributed by atoms with Gasteiger partial charge in [-0.25, -0.2) is 10.2 Å². The van der Waals surface area contributed by atoms with E-state index in [1.54, 1.807) is 30.3 Å². The molecule has 0 atom stereocenters. The minimum Gasteiger partial charge on any atom is -0.484 e. The van der Waals surface area contributed by atoms with Gasteiger partial charge in [0.15, 0.2) is 6.61 Å². The van der Waals surface area contributed by atoms with Gasteiger partial charge in [-0.05, 0) is 67.3 Å². The Labute approximate surface area is 208 Å². The highest BCUT2D eigenvalue weighted by Crippen LogP contribution is 2.23. The summed E-state index contributed by atoms with van der Waals surface area (Å²) in [6.45, 7) is 3.84. The standard InChI is InChI=1S/C27H27BrN2O4/c1-3-4-8-20-10-13-23(14-11-20)33-18-26(31)30-29-17-21-16-22(28)12-15-25(21)34-27(32)24-9-6-5-7-19(24)2/h5-7,9-17H,3-4,8,18H2,1-2H3,(H,30,31)/b29-17+. The molecular formula is C27H27BrN2O4. The minimum absolute atomic E-state index is 0.167. The van der Waals surface area contributed by atoms with Gasteiger partial charge in [0, 0.05) is 10.0 Å². The van der Waals surface area contributed by atoms with E-state index in [9.17, 15) is 9.59 Å². The lowest BCUT2D eigenvalue weighted by atomic mass is 10.1. The van der Waals surface area contributed by atoms with E-state index < -0.39 is 11.9 Å². The van der Waals surface area contributed by atoms with Crippen molar-refractivity contribution in [3.8, 4) is 11.5 Å². The van der Waals surface area contributed by atoms with Crippen LogP contribution in [-0.4, -0.2) is 24.7 Å². The molecule has 3 aromatic rings. The molecule has 0 spiro atoms. The number of esters is 1. The first-order valence-electron chi connectivity index (χ1n) is 11.1. The van der Waals surface area contributed by atoms with Crippen LogP contribution >= 0.6 is 15.9 Å². The van der Waals surface area contributed by atoms with Gasteiger partial charge in [-0.15, -0.1) is 0 Å². The predicted octanol–water partition coefficient (Wildman–Crippen LogP) is 5.85. The van der Waals surface area contributed by atoms with Crippen molar-refractivity contribution in [1.29, 1.82) is 0 Å². The van der Waals surface area contributed by atoms with Crippen LogP contribution in [0.25, 0.3) is 0 Å². The Morgan fingerprint density at radius 2 is 1.82 bits per heavy atom. The maximum absolute atomic E-state index is 12.6. The molecule has 0 heterocycles. The zero-order valence-corrected chi connectivity index (χ0v) is 20.8. The molecule has 0 aliphatic heterocycles. The van der Waals surface area contributed by atoms with Gasteiger partial charge in [0.25, 0.3) is 5.91 Å². The van der Waals surface area contributed by atoms with E-state index in [4.69, 9.17) is 9.47 Å². The van der Waals surface area contributed by atoms with E-state index in [-0.39, 0.29) is 6.61 Å². The first-order chi connectivity index (χ1) is 16.5. The molecule has 3 rings (SSSR count). The van der Waals surface area contributed by atoms with Crippen LogP contribution in [0.2, 0.25) is 0 Å². The lowest BCUT2D eigenvalue weighted by molar-refractivity contribution is -0.123. The van der Waals surface area contributed by atoms with Gasteiger partial charge in [-0.3, -0.25) is 4.79 Å². The van der Waals surface area contributed by atoms with Crippen molar-refractivity contribution in [2.45, 2.75) is 33.1 Å². The Balaban J connectivity index is 1.56. The van der Waals surface area contributed by atoms with E-state index in [1.165, 1.54) is 11.8 Å². The number of benzene rings is 3. The summed E-state index contributed by atoms with van der Waals surface area (Å²) >= 11 is 3.40. The molecule has 3 aromatic carbocycles. The number of hydrogen-bond acceptors (Lipinski definition) is 5. The van der Waals surface area contributed by atoms with Crippen LogP contribution in [0.1, 0.15) is 46.8 Å². The number of carbonyl (C=O) groups is 2. The maximum Gasteiger partial charge on any atom is 0.343 e. The molecule has 1 N–H and O–H groups in total. The quantitative estimate of drug-likeness (QED) is 0.157. The molecule has 0 fully saturated rings. The third-order valence-corrected chi connectivity index (χ3v) is 5.54. The largest absolute Gasteiger partial charge is 0.484 e. The van der Waals surface area contributed by atoms with Crippen LogP contribution in [-0.2, 0) is 11.2 Å². The number of hydrazone groups is 1. The molecule has 0 saturated heterocycles. The average molecular weight is 523 g/mol. The van der Waals surface area contributed by atoms with Crippen molar-refractivity contribution < 1.29 is 19.1 Å². The normalized spacial score (nSPS) is 10.8. The number of hydrogen-bond donors (Lipinski definition) is 1. The van der Waals surface area contributed by atoms with Crippen molar-refractivity contribution in [2.75, 3.05) is 6.61 Å². The number of ether oxygens (including phenoxy) is 2. The number of nitrogens with zero attached hydrogens (tertiary/aromatic N) is 1. The third kappa shape index (κ3) is 7.56. The second-order valence-corrected chi connectivity index (χ2v) is 8.63. The molecule has 34 heavy (non-hydrogen) atoms. The van der Waals surface area contributed by atoms with Crippen LogP contribution in [0.5, 0.6) is 11.5 Å². The van der Waals surface area contributed by atoms with Gasteiger partial charge in [-0.2, -0.15) is 5.10 Å². The predicted molar refractivity (Wildman–Crippen MR) is 137 cm³/mol. The summed E-state index contributed by atoms with van der Waals surface area (Å²) in [5.41, 5.74) is 5.51. The first-order valence-corrected chi connectivity index (χ1v) is 11.9. The zero-order chi connectivity index (χ0) is 24.3. The molecule has 0 saturated carbocycles. The number of rotatable bonds is 10. The van der Waals surface area contributed by atoms with E-state index in [0.29, 0.717) is 22.6 Å². The van der Waals surface area contributed by atoms with Crippen LogP contribution in [0.4, 0.5) is 0 Å². The topological polar surface area (TPSA) is 77.0 Å². The molecule has 0 unspecified atom stereocenters. The first kappa shape index (κ1) is 25.2. The second kappa shape index (κ2) is 12.7. The summed E-state index contributed by atoms with van der Waals surface area (Å²) in [5, 5.41) is 3.98. The molecular weight excluding hydrogens is 496 g/mol. The number of carbonyl (C=O) groups excluding carboxylic acids is 2. The third-order valence-electron chi connectivity index (χ3n) is 5.04. The van der Waals surface area contributed by atoms with Crippen LogP contribution in [0, 0.1) is 6.92 Å². The Bertz CT molecular complexity index is 1160. The van der Waals surface area contributed by atoms with Gasteiger partial charge >= 0.3 is 5.97 Å². The van der Waals surface area contributed by atoms with Gasteiger partial charge in [0.2, 0.25) is 0 Å². The Morgan fingerprint density at radius 1 is 1.06 bits per heavy atom. The van der Waals surface area contributed by atoms with Gasteiger partial charge in [0.05, 0.1) is 11.8 Å². The maximum atomic E-state index is 12.6. The number of halogens is 1. The Morgan fingerprint density at radius 3 is 2.56 bits per heavy atom. The smallest absolute Gasteiger partial charge is 0.343 e. The molecule has 0 aromatic heterocycles. The monoisotopic (exact) mass is 522 g/mol. The van der Waals surface area contributed by atoms with Gasteiger partial charge in [0.1, 0.15) is 11.5 Å². The molecule has 0 aliphatic rings. The van der Waals surface area contributed by atoms with Crippen molar-refractivity contribution >= 4 is 34.0 Å². The second-order valence-electron chi connectivity index (χ2n) is 7.72. The minimum atomic E-state index is -0.465. The van der Waals surface area contributed by atoms with Gasteiger partial charge in [-0.1, -0.05) is 59.6 Å². The lowest BCUT2D eigenvalue weighted by Crippen LogP contribution is -2.24. The molecule has 6 nitrogen and oxygen atoms in total. The molecule has 7 heteroatoms. The molecule has 1 amide bonds. The molecule has 176 valence electrons. The van der Waals surface area contributed by atoms with E-state index in [1.807, 2.05) is 43.3 Å². The fraction of sp³-hybridized carbons (Fsp3) is 0.222. The number of amides is 1. The Hall–Kier alpha value is -3.45. The SMILES string of the molecule is CCCCc1ccc(OCC(=O)N/N=C/c2cc(Br)ccc2OC(=O)c2ccccc2C)cc1. The summed E-state index contributed by atoms with van der Waals surface area (Å²) in [7, 11) is 0. The number of unbranched alkanes of at least 4 members (excludes halogenated alkanes) is 1. The summed E-state index contributed by atoms with van der Waals surface area (Å²) < 4.78 is 11.9. The number of nitrogens with one attached hydrogen (secondary N) is 1. The van der Waals surface area contributed by atoms with E-state index in [0.717, 1.165) is 29.3 Å². The van der Waals surface area contributed by atoms with Crippen LogP contribution in [0.3, 0.4) is 0 Å². The number of aryl methyl sites for hydroxylation is 2. The summed E-state index contributed by atoms with van der Waals surface area (Å²) in [5.74, 6) is 0.0821. The van der Waals surface area contributed by atoms with Crippen LogP contribution in [0.15, 0.2) is 76.3 Å². The Kier molecular flexibility index (Phi) is 9.40. The summed E-state index contributed by atoms with van der Waals surface area (Å²) in [6.07, 6.45) is 4.75. The van der Waals surface area contributed by atoms with E-state index >= 15 is 0 Å². The average Bonchev–Trinajstić information content (AvgIpc) is 2.84. The van der Waals surface area contributed by atoms with Crippen LogP contribution < -0.4 is 14.9 Å². The summed E-state index contributed by atoms with van der Waals surface area (Å²) in [4.78, 5) is 24.7. The van der Waals surface area contributed by atoms with Gasteiger partial charge < -0.3 is 9.47 Å². The highest BCUT2D eigenvalue weighted by molar-refractivity contribution is 9.10. The van der Waals surface area contributed by atoms with Crippen molar-refractivity contribution in [2.24, 2.45) is 5.10 Å². The lowest BCUT2D eigenvalue weighted by Gasteiger charge is -2.09. The van der Waals surface area contributed by atoms with Crippen molar-refractivity contribution in [1.82, 2.24) is 5.43 Å². The van der Waals surface area contributed by atoms with Crippen molar-refractivity contribution in [3.63, 3.8) is 0 Å². The fourth-order valence-corrected chi connectivity index (χ4v) is 3.54. The highest BCUT2D eigenvalue weighted by Gasteiger charge is 2.13. The molecule has 0 radical (unpaired) electrons. The van der Waals surface area contributed by atoms with E-state index in [2.05, 4.69) is 33.4 Å². The zero-order valence-electron chi connectivity index (χ0n) is 19.2. The molecule has 0 aliphatic carbocycles. The summed E-state index contributed by atoms with van der Waals surface area (Å²) in [6, 6.07) is 20.1. The highest BCUT2D eigenvalue weighted by atomic mass is 79.9. The fourth-order valence-electron chi connectivity index (χ4n) is 3.16.